The molecular formula is C19H24N4O4. The largest absolute Gasteiger partial charge is 0.383 e. The first-order chi connectivity index (χ1) is 13.1. The van der Waals surface area contributed by atoms with Gasteiger partial charge in [-0.2, -0.15) is 0 Å². The summed E-state index contributed by atoms with van der Waals surface area (Å²) in [7, 11) is 1.59. The zero-order chi connectivity index (χ0) is 19.2. The second kappa shape index (κ2) is 8.77. The minimum Gasteiger partial charge on any atom is -0.383 e. The number of nitrogens with one attached hydrogen (secondary N) is 2. The van der Waals surface area contributed by atoms with Crippen molar-refractivity contribution >= 4 is 22.7 Å². The average molecular weight is 372 g/mol. The Morgan fingerprint density at radius 2 is 2.19 bits per heavy atom. The van der Waals surface area contributed by atoms with Crippen LogP contribution in [0.4, 0.5) is 0 Å². The standard InChI is InChI=1S/C19H24N4O4/c1-27-11-10-23-12-13(6-7-17(23)24)18(25)20-9-8-16-21-15-5-3-2-4-14(15)19(26)22-16/h2-5,13H,6-12H2,1H3,(H,20,25)(H,21,22,26). The SMILES string of the molecule is COCCN1CC(C(=O)NCCc2nc3ccccc3c(=O)[nH]2)CCC1=O. The number of carbonyl (C=O) groups is 2. The second-order valence-corrected chi connectivity index (χ2v) is 6.64. The van der Waals surface area contributed by atoms with Crippen LogP contribution in [0, 0.1) is 5.92 Å². The Morgan fingerprint density at radius 1 is 1.37 bits per heavy atom. The monoisotopic (exact) mass is 372 g/mol. The first-order valence-electron chi connectivity index (χ1n) is 9.11. The molecule has 1 unspecified atom stereocenters. The number of hydrogen-bond acceptors (Lipinski definition) is 5. The summed E-state index contributed by atoms with van der Waals surface area (Å²) in [5.41, 5.74) is 0.462. The van der Waals surface area contributed by atoms with E-state index < -0.39 is 0 Å². The lowest BCUT2D eigenvalue weighted by Gasteiger charge is -2.31. The highest BCUT2D eigenvalue weighted by Gasteiger charge is 2.29. The molecule has 2 amide bonds. The number of H-pyrrole nitrogens is 1. The highest BCUT2D eigenvalue weighted by molar-refractivity contribution is 5.83. The Balaban J connectivity index is 1.53. The zero-order valence-corrected chi connectivity index (χ0v) is 15.4. The zero-order valence-electron chi connectivity index (χ0n) is 15.4. The van der Waals surface area contributed by atoms with Gasteiger partial charge in [0, 0.05) is 39.6 Å². The Bertz CT molecular complexity index is 879. The topological polar surface area (TPSA) is 104 Å². The number of rotatable bonds is 7. The van der Waals surface area contributed by atoms with Gasteiger partial charge in [-0.05, 0) is 18.6 Å². The normalized spacial score (nSPS) is 17.3. The molecule has 2 aromatic rings. The summed E-state index contributed by atoms with van der Waals surface area (Å²) < 4.78 is 5.01. The first kappa shape index (κ1) is 19.0. The van der Waals surface area contributed by atoms with Crippen molar-refractivity contribution in [3.8, 4) is 0 Å². The summed E-state index contributed by atoms with van der Waals surface area (Å²) in [6, 6.07) is 7.15. The van der Waals surface area contributed by atoms with E-state index in [1.807, 2.05) is 6.07 Å². The van der Waals surface area contributed by atoms with Crippen LogP contribution in [0.5, 0.6) is 0 Å². The van der Waals surface area contributed by atoms with Crippen molar-refractivity contribution in [3.63, 3.8) is 0 Å². The number of aromatic amines is 1. The van der Waals surface area contributed by atoms with Gasteiger partial charge >= 0.3 is 0 Å². The van der Waals surface area contributed by atoms with Gasteiger partial charge in [0.1, 0.15) is 5.82 Å². The molecule has 1 aliphatic heterocycles. The molecule has 8 heteroatoms. The van der Waals surface area contributed by atoms with E-state index in [1.165, 1.54) is 0 Å². The smallest absolute Gasteiger partial charge is 0.258 e. The van der Waals surface area contributed by atoms with Gasteiger partial charge < -0.3 is 19.9 Å². The summed E-state index contributed by atoms with van der Waals surface area (Å²) in [5, 5.41) is 3.44. The molecule has 3 rings (SSSR count). The Hall–Kier alpha value is -2.74. The van der Waals surface area contributed by atoms with Crippen LogP contribution in [0.1, 0.15) is 18.7 Å². The van der Waals surface area contributed by atoms with Crippen molar-refractivity contribution in [2.45, 2.75) is 19.3 Å². The molecule has 0 bridgehead atoms. The molecule has 8 nitrogen and oxygen atoms in total. The number of benzene rings is 1. The molecular weight excluding hydrogens is 348 g/mol. The molecule has 144 valence electrons. The van der Waals surface area contributed by atoms with Gasteiger partial charge in [-0.3, -0.25) is 14.4 Å². The van der Waals surface area contributed by atoms with Crippen LogP contribution < -0.4 is 10.9 Å². The van der Waals surface area contributed by atoms with E-state index in [4.69, 9.17) is 4.74 Å². The van der Waals surface area contributed by atoms with Crippen molar-refractivity contribution in [3.05, 3.63) is 40.4 Å². The molecule has 0 spiro atoms. The van der Waals surface area contributed by atoms with E-state index in [9.17, 15) is 14.4 Å². The van der Waals surface area contributed by atoms with E-state index in [-0.39, 0.29) is 23.3 Å². The van der Waals surface area contributed by atoms with Crippen molar-refractivity contribution in [2.75, 3.05) is 33.4 Å². The van der Waals surface area contributed by atoms with Crippen LogP contribution in [0.25, 0.3) is 10.9 Å². The lowest BCUT2D eigenvalue weighted by molar-refractivity contribution is -0.138. The molecule has 1 fully saturated rings. The minimum atomic E-state index is -0.219. The van der Waals surface area contributed by atoms with Crippen LogP contribution in [0.15, 0.2) is 29.1 Å². The van der Waals surface area contributed by atoms with E-state index in [0.717, 1.165) is 0 Å². The number of nitrogens with zero attached hydrogens (tertiary/aromatic N) is 2. The summed E-state index contributed by atoms with van der Waals surface area (Å²) in [6.45, 7) is 1.75. The number of ether oxygens (including phenoxy) is 1. The van der Waals surface area contributed by atoms with Gasteiger partial charge in [-0.15, -0.1) is 0 Å². The molecule has 0 radical (unpaired) electrons. The average Bonchev–Trinajstić information content (AvgIpc) is 2.67. The van der Waals surface area contributed by atoms with Gasteiger partial charge in [0.25, 0.3) is 5.56 Å². The third-order valence-corrected chi connectivity index (χ3v) is 4.76. The molecule has 1 saturated heterocycles. The molecule has 2 heterocycles. The quantitative estimate of drug-likeness (QED) is 0.735. The fourth-order valence-electron chi connectivity index (χ4n) is 3.25. The molecule has 1 aromatic heterocycles. The number of fused-ring (bicyclic) bond motifs is 1. The van der Waals surface area contributed by atoms with E-state index in [0.29, 0.717) is 62.2 Å². The molecule has 1 atom stereocenters. The second-order valence-electron chi connectivity index (χ2n) is 6.64. The van der Waals surface area contributed by atoms with Crippen molar-refractivity contribution in [1.82, 2.24) is 20.2 Å². The molecule has 1 aliphatic rings. The number of likely N-dealkylation sites (tertiary alicyclic amines) is 1. The summed E-state index contributed by atoms with van der Waals surface area (Å²) in [5.74, 6) is 0.310. The van der Waals surface area contributed by atoms with E-state index >= 15 is 0 Å². The highest BCUT2D eigenvalue weighted by Crippen LogP contribution is 2.17. The third kappa shape index (κ3) is 4.71. The predicted octanol–water partition coefficient (Wildman–Crippen LogP) is 0.467. The fourth-order valence-corrected chi connectivity index (χ4v) is 3.25. The molecule has 27 heavy (non-hydrogen) atoms. The van der Waals surface area contributed by atoms with Crippen LogP contribution in [0.3, 0.4) is 0 Å². The summed E-state index contributed by atoms with van der Waals surface area (Å²) in [4.78, 5) is 45.3. The number of para-hydroxylation sites is 1. The Kier molecular flexibility index (Phi) is 6.18. The number of hydrogen-bond donors (Lipinski definition) is 2. The molecule has 1 aromatic carbocycles. The minimum absolute atomic E-state index is 0.0639. The summed E-state index contributed by atoms with van der Waals surface area (Å²) >= 11 is 0. The van der Waals surface area contributed by atoms with Crippen molar-refractivity contribution in [2.24, 2.45) is 5.92 Å². The van der Waals surface area contributed by atoms with Crippen molar-refractivity contribution < 1.29 is 14.3 Å². The maximum absolute atomic E-state index is 12.4. The van der Waals surface area contributed by atoms with Crippen LogP contribution in [-0.4, -0.2) is 60.0 Å². The van der Waals surface area contributed by atoms with Gasteiger partial charge in [0.2, 0.25) is 11.8 Å². The number of methoxy groups -OCH3 is 1. The first-order valence-corrected chi connectivity index (χ1v) is 9.11. The van der Waals surface area contributed by atoms with E-state index in [2.05, 4.69) is 15.3 Å². The molecule has 0 saturated carbocycles. The highest BCUT2D eigenvalue weighted by atomic mass is 16.5. The van der Waals surface area contributed by atoms with Gasteiger partial charge in [0.15, 0.2) is 0 Å². The van der Waals surface area contributed by atoms with Gasteiger partial charge in [-0.1, -0.05) is 12.1 Å². The Morgan fingerprint density at radius 3 is 3.00 bits per heavy atom. The van der Waals surface area contributed by atoms with Crippen LogP contribution in [-0.2, 0) is 20.7 Å². The predicted molar refractivity (Wildman–Crippen MR) is 100 cm³/mol. The van der Waals surface area contributed by atoms with Crippen LogP contribution >= 0.6 is 0 Å². The number of amides is 2. The van der Waals surface area contributed by atoms with Gasteiger partial charge in [-0.25, -0.2) is 4.98 Å². The lowest BCUT2D eigenvalue weighted by Crippen LogP contribution is -2.47. The third-order valence-electron chi connectivity index (χ3n) is 4.76. The molecule has 0 aliphatic carbocycles. The summed E-state index contributed by atoms with van der Waals surface area (Å²) in [6.07, 6.45) is 1.37. The number of carbonyl (C=O) groups excluding carboxylic acids is 2. The maximum atomic E-state index is 12.4. The van der Waals surface area contributed by atoms with E-state index in [1.54, 1.807) is 30.2 Å². The maximum Gasteiger partial charge on any atom is 0.258 e. The number of piperidine rings is 1. The number of aromatic nitrogens is 2. The Labute approximate surface area is 156 Å². The van der Waals surface area contributed by atoms with Crippen LogP contribution in [0.2, 0.25) is 0 Å². The fraction of sp³-hybridized carbons (Fsp3) is 0.474. The van der Waals surface area contributed by atoms with Crippen molar-refractivity contribution in [1.29, 1.82) is 0 Å². The van der Waals surface area contributed by atoms with Gasteiger partial charge in [0.05, 0.1) is 23.4 Å². The lowest BCUT2D eigenvalue weighted by atomic mass is 9.96. The molecule has 2 N–H and O–H groups in total.